The van der Waals surface area contributed by atoms with Crippen molar-refractivity contribution in [2.24, 2.45) is 0 Å². The van der Waals surface area contributed by atoms with E-state index >= 15 is 0 Å². The lowest BCUT2D eigenvalue weighted by Gasteiger charge is -2.39. The minimum absolute atomic E-state index is 0.0106. The lowest BCUT2D eigenvalue weighted by Crippen LogP contribution is -2.58. The maximum Gasteiger partial charge on any atom is 0.254 e. The molecule has 1 fully saturated rings. The first-order valence-corrected chi connectivity index (χ1v) is 6.22. The molecule has 18 heavy (non-hydrogen) atoms. The predicted molar refractivity (Wildman–Crippen MR) is 70.8 cm³/mol. The number of carbonyl (C=O) groups is 1. The van der Waals surface area contributed by atoms with Crippen LogP contribution in [0.3, 0.4) is 0 Å². The molecule has 1 saturated heterocycles. The zero-order valence-electron chi connectivity index (χ0n) is 11.2. The molecule has 1 aromatic rings. The van der Waals surface area contributed by atoms with Gasteiger partial charge in [-0.1, -0.05) is 0 Å². The molecule has 0 saturated carbocycles. The molecule has 98 valence electrons. The third-order valence-corrected chi connectivity index (χ3v) is 3.17. The van der Waals surface area contributed by atoms with E-state index in [1.165, 1.54) is 6.07 Å². The highest BCUT2D eigenvalue weighted by atomic mass is 16.3. The van der Waals surface area contributed by atoms with Crippen LogP contribution < -0.4 is 5.32 Å². The summed E-state index contributed by atoms with van der Waals surface area (Å²) in [6.45, 7) is 8.23. The number of amides is 1. The number of hydrogen-bond donors (Lipinski definition) is 2. The number of nitrogens with one attached hydrogen (secondary N) is 1. The van der Waals surface area contributed by atoms with Gasteiger partial charge in [-0.2, -0.15) is 0 Å². The fourth-order valence-electron chi connectivity index (χ4n) is 2.38. The number of aromatic hydroxyl groups is 1. The molecule has 1 aromatic carbocycles. The molecule has 1 heterocycles. The van der Waals surface area contributed by atoms with Gasteiger partial charge in [0.05, 0.1) is 0 Å². The number of rotatable bonds is 1. The maximum atomic E-state index is 12.4. The van der Waals surface area contributed by atoms with Crippen molar-refractivity contribution in [2.75, 3.05) is 19.6 Å². The Labute approximate surface area is 108 Å². The number of aryl methyl sites for hydroxylation is 1. The van der Waals surface area contributed by atoms with Gasteiger partial charge in [0.1, 0.15) is 5.75 Å². The van der Waals surface area contributed by atoms with Crippen molar-refractivity contribution in [1.82, 2.24) is 10.2 Å². The van der Waals surface area contributed by atoms with Crippen molar-refractivity contribution in [3.8, 4) is 5.75 Å². The van der Waals surface area contributed by atoms with Gasteiger partial charge in [0.25, 0.3) is 5.91 Å². The molecule has 1 amide bonds. The topological polar surface area (TPSA) is 52.6 Å². The number of hydrogen-bond acceptors (Lipinski definition) is 3. The fourth-order valence-corrected chi connectivity index (χ4v) is 2.38. The Balaban J connectivity index is 2.20. The summed E-state index contributed by atoms with van der Waals surface area (Å²) in [5.41, 5.74) is 1.40. The van der Waals surface area contributed by atoms with Gasteiger partial charge in [-0.3, -0.25) is 4.79 Å². The Hall–Kier alpha value is -1.55. The molecule has 1 aliphatic rings. The summed E-state index contributed by atoms with van der Waals surface area (Å²) >= 11 is 0. The maximum absolute atomic E-state index is 12.4. The number of piperazine rings is 1. The van der Waals surface area contributed by atoms with Crippen molar-refractivity contribution in [3.63, 3.8) is 0 Å². The average molecular weight is 248 g/mol. The number of nitrogens with zero attached hydrogens (tertiary/aromatic N) is 1. The van der Waals surface area contributed by atoms with Crippen LogP contribution >= 0.6 is 0 Å². The van der Waals surface area contributed by atoms with E-state index in [0.717, 1.165) is 12.1 Å². The molecular formula is C14H20N2O2. The monoisotopic (exact) mass is 248 g/mol. The van der Waals surface area contributed by atoms with E-state index in [-0.39, 0.29) is 17.2 Å². The minimum atomic E-state index is -0.0558. The van der Waals surface area contributed by atoms with E-state index in [1.54, 1.807) is 6.07 Å². The fraction of sp³-hybridized carbons (Fsp3) is 0.500. The van der Waals surface area contributed by atoms with Crippen molar-refractivity contribution in [2.45, 2.75) is 26.3 Å². The van der Waals surface area contributed by atoms with Crippen LogP contribution in [0, 0.1) is 6.92 Å². The number of carbonyl (C=O) groups excluding carboxylic acids is 1. The molecule has 0 spiro atoms. The van der Waals surface area contributed by atoms with E-state index in [4.69, 9.17) is 0 Å². The Morgan fingerprint density at radius 1 is 1.39 bits per heavy atom. The number of phenolic OH excluding ortho intramolecular Hbond substituents is 1. The van der Waals surface area contributed by atoms with Gasteiger partial charge in [0, 0.05) is 30.7 Å². The van der Waals surface area contributed by atoms with E-state index in [0.29, 0.717) is 18.7 Å². The Morgan fingerprint density at radius 3 is 2.72 bits per heavy atom. The summed E-state index contributed by atoms with van der Waals surface area (Å²) in [6.07, 6.45) is 0. The van der Waals surface area contributed by atoms with Crippen LogP contribution in [0.4, 0.5) is 0 Å². The average Bonchev–Trinajstić information content (AvgIpc) is 2.25. The second-order valence-corrected chi connectivity index (χ2v) is 5.59. The molecule has 0 bridgehead atoms. The molecule has 4 heteroatoms. The van der Waals surface area contributed by atoms with E-state index in [9.17, 15) is 9.90 Å². The van der Waals surface area contributed by atoms with Crippen molar-refractivity contribution < 1.29 is 9.90 Å². The summed E-state index contributed by atoms with van der Waals surface area (Å²) < 4.78 is 0. The molecule has 0 aliphatic carbocycles. The summed E-state index contributed by atoms with van der Waals surface area (Å²) in [7, 11) is 0. The summed E-state index contributed by atoms with van der Waals surface area (Å²) in [5, 5.41) is 12.9. The second-order valence-electron chi connectivity index (χ2n) is 5.59. The molecule has 0 atom stereocenters. The first kappa shape index (κ1) is 12.9. The van der Waals surface area contributed by atoms with Crippen LogP contribution in [-0.2, 0) is 0 Å². The van der Waals surface area contributed by atoms with Crippen molar-refractivity contribution in [3.05, 3.63) is 29.3 Å². The highest BCUT2D eigenvalue weighted by Gasteiger charge is 2.29. The Bertz CT molecular complexity index is 449. The van der Waals surface area contributed by atoms with Gasteiger partial charge in [-0.25, -0.2) is 0 Å². The summed E-state index contributed by atoms with van der Waals surface area (Å²) in [4.78, 5) is 14.2. The van der Waals surface area contributed by atoms with Gasteiger partial charge < -0.3 is 15.3 Å². The normalized spacial score (nSPS) is 18.7. The second kappa shape index (κ2) is 4.61. The predicted octanol–water partition coefficient (Wildman–Crippen LogP) is 1.52. The van der Waals surface area contributed by atoms with Gasteiger partial charge in [0.2, 0.25) is 0 Å². The summed E-state index contributed by atoms with van der Waals surface area (Å²) in [6, 6.07) is 5.00. The van der Waals surface area contributed by atoms with E-state index < -0.39 is 0 Å². The quantitative estimate of drug-likeness (QED) is 0.792. The van der Waals surface area contributed by atoms with Crippen LogP contribution in [0.2, 0.25) is 0 Å². The molecule has 4 nitrogen and oxygen atoms in total. The number of benzene rings is 1. The molecule has 2 rings (SSSR count). The van der Waals surface area contributed by atoms with Gasteiger partial charge >= 0.3 is 0 Å². The van der Waals surface area contributed by atoms with Gasteiger partial charge in [-0.15, -0.1) is 0 Å². The lowest BCUT2D eigenvalue weighted by molar-refractivity contribution is 0.0651. The first-order valence-electron chi connectivity index (χ1n) is 6.22. The van der Waals surface area contributed by atoms with Crippen LogP contribution in [0.15, 0.2) is 18.2 Å². The smallest absolute Gasteiger partial charge is 0.254 e. The molecule has 0 unspecified atom stereocenters. The van der Waals surface area contributed by atoms with Gasteiger partial charge in [0.15, 0.2) is 0 Å². The van der Waals surface area contributed by atoms with Crippen LogP contribution in [-0.4, -0.2) is 41.1 Å². The largest absolute Gasteiger partial charge is 0.508 e. The molecule has 0 radical (unpaired) electrons. The highest BCUT2D eigenvalue weighted by molar-refractivity contribution is 5.95. The molecule has 0 aromatic heterocycles. The Morgan fingerprint density at radius 2 is 2.11 bits per heavy atom. The zero-order chi connectivity index (χ0) is 13.3. The summed E-state index contributed by atoms with van der Waals surface area (Å²) in [5.74, 6) is 0.135. The van der Waals surface area contributed by atoms with Gasteiger partial charge in [-0.05, 0) is 44.5 Å². The van der Waals surface area contributed by atoms with Crippen molar-refractivity contribution >= 4 is 5.91 Å². The van der Waals surface area contributed by atoms with Crippen LogP contribution in [0.5, 0.6) is 5.75 Å². The zero-order valence-corrected chi connectivity index (χ0v) is 11.2. The Kier molecular flexibility index (Phi) is 3.30. The van der Waals surface area contributed by atoms with Crippen molar-refractivity contribution in [1.29, 1.82) is 0 Å². The third kappa shape index (κ3) is 2.82. The number of phenols is 1. The molecule has 2 N–H and O–H groups in total. The first-order chi connectivity index (χ1) is 8.37. The van der Waals surface area contributed by atoms with Crippen LogP contribution in [0.25, 0.3) is 0 Å². The highest BCUT2D eigenvalue weighted by Crippen LogP contribution is 2.19. The molecule has 1 aliphatic heterocycles. The molecular weight excluding hydrogens is 228 g/mol. The third-order valence-electron chi connectivity index (χ3n) is 3.17. The lowest BCUT2D eigenvalue weighted by atomic mass is 10.0. The van der Waals surface area contributed by atoms with E-state index in [2.05, 4.69) is 19.2 Å². The minimum Gasteiger partial charge on any atom is -0.508 e. The van der Waals surface area contributed by atoms with E-state index in [1.807, 2.05) is 17.9 Å². The SMILES string of the molecule is Cc1cc(O)cc(C(=O)N2CCNC(C)(C)C2)c1. The van der Waals surface area contributed by atoms with Crippen LogP contribution in [0.1, 0.15) is 29.8 Å². The standard InChI is InChI=1S/C14H20N2O2/c1-10-6-11(8-12(17)7-10)13(18)16-5-4-15-14(2,3)9-16/h6-8,15,17H,4-5,9H2,1-3H3.